The van der Waals surface area contributed by atoms with Gasteiger partial charge in [0.05, 0.1) is 12.6 Å². The molecule has 4 heteroatoms. The molecular weight excluding hydrogens is 154 g/mol. The molecular formula is C8H13N3O. The van der Waals surface area contributed by atoms with E-state index in [1.54, 1.807) is 12.4 Å². The van der Waals surface area contributed by atoms with Crippen LogP contribution >= 0.6 is 0 Å². The van der Waals surface area contributed by atoms with Gasteiger partial charge in [-0.1, -0.05) is 0 Å². The number of rotatable bonds is 2. The fourth-order valence-electron chi connectivity index (χ4n) is 1.52. The number of aromatic nitrogens is 2. The van der Waals surface area contributed by atoms with Crippen LogP contribution in [0.5, 0.6) is 0 Å². The molecule has 4 nitrogen and oxygen atoms in total. The Morgan fingerprint density at radius 2 is 2.67 bits per heavy atom. The van der Waals surface area contributed by atoms with E-state index in [1.165, 1.54) is 0 Å². The van der Waals surface area contributed by atoms with Gasteiger partial charge in [-0.25, -0.2) is 4.98 Å². The molecule has 1 fully saturated rings. The van der Waals surface area contributed by atoms with Crippen LogP contribution in [0.4, 0.5) is 0 Å². The summed E-state index contributed by atoms with van der Waals surface area (Å²) in [6.07, 6.45) is 4.57. The van der Waals surface area contributed by atoms with Crippen LogP contribution in [0.3, 0.4) is 0 Å². The Labute approximate surface area is 71.1 Å². The third-order valence-electron chi connectivity index (χ3n) is 2.31. The lowest BCUT2D eigenvalue weighted by atomic mass is 10.00. The molecule has 2 rings (SSSR count). The molecule has 0 bridgehead atoms. The summed E-state index contributed by atoms with van der Waals surface area (Å²) in [6, 6.07) is 0.00231. The van der Waals surface area contributed by atoms with Crippen LogP contribution in [-0.2, 0) is 4.74 Å². The van der Waals surface area contributed by atoms with Crippen LogP contribution in [0.25, 0.3) is 0 Å². The van der Waals surface area contributed by atoms with Crippen molar-refractivity contribution in [3.05, 3.63) is 18.2 Å². The Bertz CT molecular complexity index is 228. The van der Waals surface area contributed by atoms with Gasteiger partial charge in [0.2, 0.25) is 0 Å². The Morgan fingerprint density at radius 1 is 1.75 bits per heavy atom. The van der Waals surface area contributed by atoms with E-state index in [4.69, 9.17) is 10.5 Å². The largest absolute Gasteiger partial charge is 0.381 e. The van der Waals surface area contributed by atoms with Crippen molar-refractivity contribution in [3.8, 4) is 0 Å². The van der Waals surface area contributed by atoms with Crippen molar-refractivity contribution in [1.29, 1.82) is 0 Å². The summed E-state index contributed by atoms with van der Waals surface area (Å²) < 4.78 is 5.25. The van der Waals surface area contributed by atoms with Gasteiger partial charge >= 0.3 is 0 Å². The van der Waals surface area contributed by atoms with Gasteiger partial charge in [-0.15, -0.1) is 0 Å². The second kappa shape index (κ2) is 3.25. The maximum absolute atomic E-state index is 5.97. The van der Waals surface area contributed by atoms with Crippen molar-refractivity contribution in [3.63, 3.8) is 0 Å². The minimum absolute atomic E-state index is 0.00231. The van der Waals surface area contributed by atoms with Crippen molar-refractivity contribution in [2.75, 3.05) is 13.2 Å². The molecule has 12 heavy (non-hydrogen) atoms. The zero-order chi connectivity index (χ0) is 8.39. The zero-order valence-electron chi connectivity index (χ0n) is 6.86. The molecule has 0 radical (unpaired) electrons. The van der Waals surface area contributed by atoms with E-state index in [-0.39, 0.29) is 6.04 Å². The second-order valence-corrected chi connectivity index (χ2v) is 3.12. The van der Waals surface area contributed by atoms with Gasteiger partial charge < -0.3 is 15.5 Å². The average Bonchev–Trinajstić information content (AvgIpc) is 2.77. The van der Waals surface area contributed by atoms with Crippen LogP contribution in [-0.4, -0.2) is 23.2 Å². The average molecular weight is 167 g/mol. The molecule has 3 N–H and O–H groups in total. The minimum atomic E-state index is 0.00231. The first-order valence-electron chi connectivity index (χ1n) is 4.20. The Hall–Kier alpha value is -0.870. The number of imidazole rings is 1. The Balaban J connectivity index is 2.04. The predicted molar refractivity (Wildman–Crippen MR) is 44.4 cm³/mol. The van der Waals surface area contributed by atoms with Crippen LogP contribution in [0.15, 0.2) is 12.4 Å². The highest BCUT2D eigenvalue weighted by atomic mass is 16.5. The maximum atomic E-state index is 5.97. The summed E-state index contributed by atoms with van der Waals surface area (Å²) >= 11 is 0. The molecule has 66 valence electrons. The summed E-state index contributed by atoms with van der Waals surface area (Å²) in [4.78, 5) is 7.15. The fourth-order valence-corrected chi connectivity index (χ4v) is 1.52. The number of nitrogens with two attached hydrogens (primary N) is 1. The number of ether oxygens (including phenoxy) is 1. The number of H-pyrrole nitrogens is 1. The van der Waals surface area contributed by atoms with E-state index >= 15 is 0 Å². The molecule has 0 aliphatic carbocycles. The first-order chi connectivity index (χ1) is 5.88. The van der Waals surface area contributed by atoms with E-state index in [0.717, 1.165) is 25.5 Å². The molecule has 2 atom stereocenters. The van der Waals surface area contributed by atoms with E-state index in [0.29, 0.717) is 5.92 Å². The predicted octanol–water partition coefficient (Wildman–Crippen LogP) is 0.446. The highest BCUT2D eigenvalue weighted by Crippen LogP contribution is 2.23. The minimum Gasteiger partial charge on any atom is -0.381 e. The molecule has 2 heterocycles. The van der Waals surface area contributed by atoms with E-state index in [9.17, 15) is 0 Å². The topological polar surface area (TPSA) is 63.9 Å². The SMILES string of the molecule is NC(c1ncc[nH]1)C1CCOC1. The van der Waals surface area contributed by atoms with Gasteiger partial charge in [-0.3, -0.25) is 0 Å². The molecule has 0 aromatic carbocycles. The molecule has 1 aromatic rings. The zero-order valence-corrected chi connectivity index (χ0v) is 6.86. The van der Waals surface area contributed by atoms with Crippen LogP contribution < -0.4 is 5.73 Å². The lowest BCUT2D eigenvalue weighted by molar-refractivity contribution is 0.180. The first kappa shape index (κ1) is 7.76. The monoisotopic (exact) mass is 167 g/mol. The first-order valence-corrected chi connectivity index (χ1v) is 4.20. The lowest BCUT2D eigenvalue weighted by Crippen LogP contribution is -2.22. The molecule has 2 unspecified atom stereocenters. The Morgan fingerprint density at radius 3 is 3.25 bits per heavy atom. The summed E-state index contributed by atoms with van der Waals surface area (Å²) in [5, 5.41) is 0. The van der Waals surface area contributed by atoms with Crippen molar-refractivity contribution in [2.45, 2.75) is 12.5 Å². The smallest absolute Gasteiger partial charge is 0.123 e. The second-order valence-electron chi connectivity index (χ2n) is 3.12. The molecule has 1 saturated heterocycles. The standard InChI is InChI=1S/C8H13N3O/c9-7(6-1-4-12-5-6)8-10-2-3-11-8/h2-3,6-7H,1,4-5,9H2,(H,10,11). The van der Waals surface area contributed by atoms with Gasteiger partial charge in [0.25, 0.3) is 0 Å². The third kappa shape index (κ3) is 1.35. The van der Waals surface area contributed by atoms with Gasteiger partial charge in [0.1, 0.15) is 5.82 Å². The fraction of sp³-hybridized carbons (Fsp3) is 0.625. The molecule has 0 saturated carbocycles. The maximum Gasteiger partial charge on any atom is 0.123 e. The Kier molecular flexibility index (Phi) is 2.10. The summed E-state index contributed by atoms with van der Waals surface area (Å²) in [5.41, 5.74) is 5.97. The van der Waals surface area contributed by atoms with E-state index in [2.05, 4.69) is 9.97 Å². The molecule has 1 aromatic heterocycles. The number of nitrogens with one attached hydrogen (secondary N) is 1. The van der Waals surface area contributed by atoms with Crippen molar-refractivity contribution < 1.29 is 4.74 Å². The summed E-state index contributed by atoms with van der Waals surface area (Å²) in [7, 11) is 0. The number of hydrogen-bond donors (Lipinski definition) is 2. The van der Waals surface area contributed by atoms with E-state index in [1.807, 2.05) is 0 Å². The highest BCUT2D eigenvalue weighted by molar-refractivity contribution is 4.97. The van der Waals surface area contributed by atoms with Gasteiger partial charge in [-0.05, 0) is 6.42 Å². The van der Waals surface area contributed by atoms with Gasteiger partial charge in [0, 0.05) is 24.9 Å². The molecule has 0 amide bonds. The van der Waals surface area contributed by atoms with Crippen LogP contribution in [0.1, 0.15) is 18.3 Å². The quantitative estimate of drug-likeness (QED) is 0.672. The molecule has 1 aliphatic heterocycles. The van der Waals surface area contributed by atoms with E-state index < -0.39 is 0 Å². The summed E-state index contributed by atoms with van der Waals surface area (Å²) in [5.74, 6) is 1.29. The van der Waals surface area contributed by atoms with Gasteiger partial charge in [0.15, 0.2) is 0 Å². The van der Waals surface area contributed by atoms with Crippen LogP contribution in [0.2, 0.25) is 0 Å². The highest BCUT2D eigenvalue weighted by Gasteiger charge is 2.25. The summed E-state index contributed by atoms with van der Waals surface area (Å²) in [6.45, 7) is 1.60. The number of hydrogen-bond acceptors (Lipinski definition) is 3. The van der Waals surface area contributed by atoms with Crippen molar-refractivity contribution >= 4 is 0 Å². The normalized spacial score (nSPS) is 25.9. The number of aromatic amines is 1. The van der Waals surface area contributed by atoms with Gasteiger partial charge in [-0.2, -0.15) is 0 Å². The molecule has 1 aliphatic rings. The van der Waals surface area contributed by atoms with Crippen molar-refractivity contribution in [2.24, 2.45) is 11.7 Å². The lowest BCUT2D eigenvalue weighted by Gasteiger charge is -2.14. The van der Waals surface area contributed by atoms with Crippen molar-refractivity contribution in [1.82, 2.24) is 9.97 Å². The van der Waals surface area contributed by atoms with Crippen LogP contribution in [0, 0.1) is 5.92 Å². The molecule has 0 spiro atoms. The number of nitrogens with zero attached hydrogens (tertiary/aromatic N) is 1. The third-order valence-corrected chi connectivity index (χ3v) is 2.31.